The first-order valence-corrected chi connectivity index (χ1v) is 7.21. The van der Waals surface area contributed by atoms with Gasteiger partial charge in [-0.05, 0) is 18.4 Å². The molecule has 0 spiro atoms. The number of carbonyl (C=O) groups is 1. The van der Waals surface area contributed by atoms with Crippen molar-refractivity contribution in [3.63, 3.8) is 0 Å². The molecule has 4 nitrogen and oxygen atoms in total. The minimum absolute atomic E-state index is 0.0185. The highest BCUT2D eigenvalue weighted by molar-refractivity contribution is 5.81. The van der Waals surface area contributed by atoms with Crippen molar-refractivity contribution in [1.82, 2.24) is 9.88 Å². The second kappa shape index (κ2) is 5.38. The maximum absolute atomic E-state index is 13.0. The van der Waals surface area contributed by atoms with E-state index in [1.54, 1.807) is 12.1 Å². The lowest BCUT2D eigenvalue weighted by Gasteiger charge is -2.32. The van der Waals surface area contributed by atoms with E-state index in [0.717, 1.165) is 32.4 Å². The Morgan fingerprint density at radius 3 is 2.70 bits per heavy atom. The first-order chi connectivity index (χ1) is 9.63. The zero-order valence-corrected chi connectivity index (χ0v) is 11.6. The van der Waals surface area contributed by atoms with Gasteiger partial charge in [-0.25, -0.2) is 0 Å². The topological polar surface area (TPSA) is 42.4 Å². The number of hydrogen-bond donors (Lipinski definition) is 0. The van der Waals surface area contributed by atoms with E-state index in [-0.39, 0.29) is 12.0 Å². The summed E-state index contributed by atoms with van der Waals surface area (Å²) in [7, 11) is 0. The Labute approximate surface area is 117 Å². The Hall–Kier alpha value is -1.65. The first-order valence-electron chi connectivity index (χ1n) is 7.21. The second-order valence-corrected chi connectivity index (χ2v) is 5.76. The average Bonchev–Trinajstić information content (AvgIpc) is 3.16. The van der Waals surface area contributed by atoms with Gasteiger partial charge >= 0.3 is 0 Å². The van der Waals surface area contributed by atoms with Gasteiger partial charge in [0.05, 0.1) is 0 Å². The third kappa shape index (κ3) is 2.92. The number of halogens is 1. The summed E-state index contributed by atoms with van der Waals surface area (Å²) in [4.78, 5) is 17.7. The summed E-state index contributed by atoms with van der Waals surface area (Å²) in [6.07, 6.45) is 2.61. The van der Waals surface area contributed by atoms with Gasteiger partial charge in [0.2, 0.25) is 17.7 Å². The lowest BCUT2D eigenvalue weighted by molar-refractivity contribution is -0.134. The van der Waals surface area contributed by atoms with Crippen LogP contribution in [0.2, 0.25) is 0 Å². The average molecular weight is 278 g/mol. The fourth-order valence-corrected chi connectivity index (χ4v) is 2.72. The van der Waals surface area contributed by atoms with E-state index in [1.165, 1.54) is 6.07 Å². The molecule has 108 valence electrons. The summed E-state index contributed by atoms with van der Waals surface area (Å²) >= 11 is 0. The highest BCUT2D eigenvalue weighted by Crippen LogP contribution is 2.39. The summed E-state index contributed by atoms with van der Waals surface area (Å²) in [5.74, 6) is 0.883. The highest BCUT2D eigenvalue weighted by atomic mass is 19.1. The van der Waals surface area contributed by atoms with Crippen LogP contribution in [0.5, 0.6) is 5.88 Å². The standard InChI is InChI=1S/C15H19FN2O2/c1-10-9-12(10)15(19)18-7-5-11(6-8-18)20-14-4-2-3-13(16)17-14/h2-4,10-12H,5-9H2,1H3. The monoisotopic (exact) mass is 278 g/mol. The molecule has 2 unspecified atom stereocenters. The highest BCUT2D eigenvalue weighted by Gasteiger charge is 2.42. The number of aromatic nitrogens is 1. The van der Waals surface area contributed by atoms with Crippen LogP contribution in [0.4, 0.5) is 4.39 Å². The van der Waals surface area contributed by atoms with Gasteiger partial charge in [0.15, 0.2) is 0 Å². The minimum Gasteiger partial charge on any atom is -0.474 e. The Kier molecular flexibility index (Phi) is 3.59. The predicted octanol–water partition coefficient (Wildman–Crippen LogP) is 2.25. The summed E-state index contributed by atoms with van der Waals surface area (Å²) in [6, 6.07) is 4.54. The van der Waals surface area contributed by atoms with E-state index >= 15 is 0 Å². The van der Waals surface area contributed by atoms with E-state index < -0.39 is 5.95 Å². The molecule has 20 heavy (non-hydrogen) atoms. The lowest BCUT2D eigenvalue weighted by Crippen LogP contribution is -2.42. The number of hydrogen-bond acceptors (Lipinski definition) is 3. The van der Waals surface area contributed by atoms with Crippen LogP contribution in [0.1, 0.15) is 26.2 Å². The van der Waals surface area contributed by atoms with Gasteiger partial charge in [0.25, 0.3) is 0 Å². The summed E-state index contributed by atoms with van der Waals surface area (Å²) in [5.41, 5.74) is 0. The molecule has 0 aromatic carbocycles. The quantitative estimate of drug-likeness (QED) is 0.796. The molecule has 1 saturated heterocycles. The van der Waals surface area contributed by atoms with Crippen molar-refractivity contribution < 1.29 is 13.9 Å². The maximum atomic E-state index is 13.0. The molecule has 1 amide bonds. The zero-order chi connectivity index (χ0) is 14.1. The van der Waals surface area contributed by atoms with Crippen molar-refractivity contribution >= 4 is 5.91 Å². The molecule has 2 aliphatic rings. The minimum atomic E-state index is -0.530. The van der Waals surface area contributed by atoms with E-state index in [9.17, 15) is 9.18 Å². The van der Waals surface area contributed by atoms with Crippen LogP contribution in [-0.2, 0) is 4.79 Å². The van der Waals surface area contributed by atoms with Crippen LogP contribution in [0.3, 0.4) is 0 Å². The number of piperidine rings is 1. The smallest absolute Gasteiger partial charge is 0.225 e. The molecule has 2 atom stereocenters. The van der Waals surface area contributed by atoms with Crippen molar-refractivity contribution in [2.75, 3.05) is 13.1 Å². The molecule has 0 radical (unpaired) electrons. The first kappa shape index (κ1) is 13.3. The molecule has 0 bridgehead atoms. The van der Waals surface area contributed by atoms with Crippen LogP contribution in [0.25, 0.3) is 0 Å². The molecule has 1 aromatic heterocycles. The number of ether oxygens (including phenoxy) is 1. The Balaban J connectivity index is 1.50. The van der Waals surface area contributed by atoms with Crippen molar-refractivity contribution in [3.05, 3.63) is 24.1 Å². The normalized spacial score (nSPS) is 26.4. The SMILES string of the molecule is CC1CC1C(=O)N1CCC(Oc2cccc(F)n2)CC1. The van der Waals surface area contributed by atoms with E-state index in [4.69, 9.17) is 4.74 Å². The van der Waals surface area contributed by atoms with E-state index in [1.807, 2.05) is 4.90 Å². The van der Waals surface area contributed by atoms with Gasteiger partial charge in [0, 0.05) is 37.9 Å². The van der Waals surface area contributed by atoms with Gasteiger partial charge < -0.3 is 9.64 Å². The van der Waals surface area contributed by atoms with Crippen LogP contribution in [0.15, 0.2) is 18.2 Å². The van der Waals surface area contributed by atoms with E-state index in [2.05, 4.69) is 11.9 Å². The molecule has 3 rings (SSSR count). The molecule has 1 aliphatic heterocycles. The van der Waals surface area contributed by atoms with Gasteiger partial charge in [0.1, 0.15) is 6.10 Å². The molecule has 1 aromatic rings. The Morgan fingerprint density at radius 2 is 2.10 bits per heavy atom. The lowest BCUT2D eigenvalue weighted by atomic mass is 10.1. The summed E-state index contributed by atoms with van der Waals surface area (Å²) < 4.78 is 18.7. The zero-order valence-electron chi connectivity index (χ0n) is 11.6. The number of nitrogens with zero attached hydrogens (tertiary/aromatic N) is 2. The van der Waals surface area contributed by atoms with Crippen molar-refractivity contribution in [2.24, 2.45) is 11.8 Å². The van der Waals surface area contributed by atoms with Crippen molar-refractivity contribution in [3.8, 4) is 5.88 Å². The number of pyridine rings is 1. The fraction of sp³-hybridized carbons (Fsp3) is 0.600. The molecular formula is C15H19FN2O2. The van der Waals surface area contributed by atoms with Gasteiger partial charge in [-0.2, -0.15) is 9.37 Å². The molecule has 2 fully saturated rings. The van der Waals surface area contributed by atoms with E-state index in [0.29, 0.717) is 17.7 Å². The van der Waals surface area contributed by atoms with Crippen molar-refractivity contribution in [2.45, 2.75) is 32.3 Å². The van der Waals surface area contributed by atoms with Crippen LogP contribution >= 0.6 is 0 Å². The Morgan fingerprint density at radius 1 is 1.40 bits per heavy atom. The second-order valence-electron chi connectivity index (χ2n) is 5.76. The maximum Gasteiger partial charge on any atom is 0.225 e. The van der Waals surface area contributed by atoms with Gasteiger partial charge in [-0.1, -0.05) is 13.0 Å². The van der Waals surface area contributed by atoms with Crippen LogP contribution in [-0.4, -0.2) is 35.0 Å². The third-order valence-electron chi connectivity index (χ3n) is 4.16. The number of carbonyl (C=O) groups excluding carboxylic acids is 1. The molecule has 2 heterocycles. The summed E-state index contributed by atoms with van der Waals surface area (Å²) in [5, 5.41) is 0. The van der Waals surface area contributed by atoms with Crippen molar-refractivity contribution in [1.29, 1.82) is 0 Å². The number of rotatable bonds is 3. The Bertz CT molecular complexity index is 500. The van der Waals surface area contributed by atoms with Gasteiger partial charge in [-0.3, -0.25) is 4.79 Å². The van der Waals surface area contributed by atoms with Gasteiger partial charge in [-0.15, -0.1) is 0 Å². The summed E-state index contributed by atoms with van der Waals surface area (Å²) in [6.45, 7) is 3.57. The molecule has 5 heteroatoms. The molecule has 1 aliphatic carbocycles. The molecule has 1 saturated carbocycles. The third-order valence-corrected chi connectivity index (χ3v) is 4.16. The largest absolute Gasteiger partial charge is 0.474 e. The van der Waals surface area contributed by atoms with Crippen LogP contribution in [0, 0.1) is 17.8 Å². The number of likely N-dealkylation sites (tertiary alicyclic amines) is 1. The molecule has 0 N–H and O–H groups in total. The molecular weight excluding hydrogens is 259 g/mol. The van der Waals surface area contributed by atoms with Crippen LogP contribution < -0.4 is 4.74 Å². The number of amides is 1. The predicted molar refractivity (Wildman–Crippen MR) is 71.7 cm³/mol. The fourth-order valence-electron chi connectivity index (χ4n) is 2.72.